The molecule has 0 aromatic heterocycles. The molecule has 0 amide bonds. The van der Waals surface area contributed by atoms with Gasteiger partial charge in [-0.25, -0.2) is 22.1 Å². The van der Waals surface area contributed by atoms with Crippen molar-refractivity contribution >= 4 is 17.2 Å². The van der Waals surface area contributed by atoms with E-state index in [2.05, 4.69) is 4.72 Å². The first kappa shape index (κ1) is 21.6. The van der Waals surface area contributed by atoms with E-state index in [0.717, 1.165) is 6.42 Å². The van der Waals surface area contributed by atoms with Crippen LogP contribution in [0, 0.1) is 17.5 Å². The first-order valence-corrected chi connectivity index (χ1v) is 8.89. The number of carbonyl (C=O) groups is 1. The van der Waals surface area contributed by atoms with Crippen molar-refractivity contribution in [3.05, 3.63) is 35.1 Å². The summed E-state index contributed by atoms with van der Waals surface area (Å²) in [6, 6.07) is -0.216. The number of hydrogen-bond acceptors (Lipinski definition) is 3. The second kappa shape index (κ2) is 9.30. The summed E-state index contributed by atoms with van der Waals surface area (Å²) >= 11 is -2.54. The van der Waals surface area contributed by atoms with Crippen molar-refractivity contribution in [3.8, 4) is 0 Å². The number of esters is 1. The Morgan fingerprint density at radius 3 is 2.44 bits per heavy atom. The minimum atomic E-state index is -2.54. The van der Waals surface area contributed by atoms with E-state index < -0.39 is 46.3 Å². The van der Waals surface area contributed by atoms with Gasteiger partial charge >= 0.3 is 5.97 Å². The highest BCUT2D eigenvalue weighted by atomic mass is 32.2. The molecule has 2 N–H and O–H groups in total. The van der Waals surface area contributed by atoms with Crippen LogP contribution >= 0.6 is 0 Å². The zero-order chi connectivity index (χ0) is 19.2. The van der Waals surface area contributed by atoms with Crippen LogP contribution in [-0.4, -0.2) is 20.3 Å². The lowest BCUT2D eigenvalue weighted by Gasteiger charge is -2.25. The van der Waals surface area contributed by atoms with E-state index in [1.807, 2.05) is 6.92 Å². The molecule has 1 aromatic rings. The lowest BCUT2D eigenvalue weighted by molar-refractivity contribution is -0.157. The third-order valence-corrected chi connectivity index (χ3v) is 4.02. The summed E-state index contributed by atoms with van der Waals surface area (Å²) in [6.45, 7) is 5.45. The molecule has 0 saturated heterocycles. The van der Waals surface area contributed by atoms with Crippen LogP contribution in [0.2, 0.25) is 0 Å². The quantitative estimate of drug-likeness (QED) is 0.388. The zero-order valence-corrected chi connectivity index (χ0v) is 15.1. The van der Waals surface area contributed by atoms with Crippen LogP contribution < -0.4 is 4.72 Å². The summed E-state index contributed by atoms with van der Waals surface area (Å²) in [5, 5.41) is 0. The fourth-order valence-electron chi connectivity index (χ4n) is 2.48. The van der Waals surface area contributed by atoms with E-state index in [1.165, 1.54) is 0 Å². The summed E-state index contributed by atoms with van der Waals surface area (Å²) in [5.41, 5.74) is -1.01. The van der Waals surface area contributed by atoms with Gasteiger partial charge < -0.3 is 4.74 Å². The number of rotatable bonds is 9. The van der Waals surface area contributed by atoms with E-state index in [1.54, 1.807) is 13.8 Å². The van der Waals surface area contributed by atoms with Gasteiger partial charge in [0.1, 0.15) is 11.4 Å². The van der Waals surface area contributed by atoms with Crippen LogP contribution in [0.25, 0.3) is 0 Å². The monoisotopic (exact) mass is 381 g/mol. The van der Waals surface area contributed by atoms with Crippen LogP contribution in [0.4, 0.5) is 13.2 Å². The van der Waals surface area contributed by atoms with E-state index in [-0.39, 0.29) is 18.4 Å². The Kier molecular flexibility index (Phi) is 8.04. The Hall–Kier alpha value is -1.45. The smallest absolute Gasteiger partial charge is 0.306 e. The molecular formula is C16H22F3NO4S. The van der Waals surface area contributed by atoms with Gasteiger partial charge in [-0.1, -0.05) is 13.3 Å². The lowest BCUT2D eigenvalue weighted by Crippen LogP contribution is -2.29. The number of halogens is 3. The molecule has 5 nitrogen and oxygen atoms in total. The molecule has 1 aromatic carbocycles. The molecule has 0 radical (unpaired) electrons. The predicted molar refractivity (Wildman–Crippen MR) is 87.3 cm³/mol. The van der Waals surface area contributed by atoms with Gasteiger partial charge in [0.2, 0.25) is 11.3 Å². The highest BCUT2D eigenvalue weighted by Gasteiger charge is 2.25. The van der Waals surface area contributed by atoms with Crippen molar-refractivity contribution in [3.63, 3.8) is 0 Å². The molecule has 0 saturated carbocycles. The molecular weight excluding hydrogens is 359 g/mol. The topological polar surface area (TPSA) is 75.6 Å². The Morgan fingerprint density at radius 1 is 1.28 bits per heavy atom. The molecule has 1 rings (SSSR count). The number of ether oxygens (including phenoxy) is 1. The van der Waals surface area contributed by atoms with Crippen molar-refractivity contribution < 1.29 is 31.5 Å². The molecule has 9 heteroatoms. The lowest BCUT2D eigenvalue weighted by atomic mass is 10.0. The molecule has 0 aliphatic heterocycles. The number of carbonyl (C=O) groups excluding carboxylic acids is 1. The third kappa shape index (κ3) is 7.13. The Bertz CT molecular complexity index is 640. The van der Waals surface area contributed by atoms with Crippen LogP contribution in [0.15, 0.2) is 12.1 Å². The molecule has 1 unspecified atom stereocenters. The summed E-state index contributed by atoms with van der Waals surface area (Å²) < 4.78 is 67.7. The minimum absolute atomic E-state index is 0.130. The first-order chi connectivity index (χ1) is 11.6. The van der Waals surface area contributed by atoms with Crippen LogP contribution in [0.5, 0.6) is 0 Å². The molecule has 25 heavy (non-hydrogen) atoms. The van der Waals surface area contributed by atoms with Crippen LogP contribution in [0.1, 0.15) is 58.1 Å². The fraction of sp³-hybridized carbons (Fsp3) is 0.562. The maximum Gasteiger partial charge on any atom is 0.306 e. The average molecular weight is 381 g/mol. The van der Waals surface area contributed by atoms with Crippen molar-refractivity contribution in [2.24, 2.45) is 0 Å². The van der Waals surface area contributed by atoms with Gasteiger partial charge in [-0.3, -0.25) is 9.35 Å². The molecule has 0 bridgehead atoms. The average Bonchev–Trinajstić information content (AvgIpc) is 2.46. The second-order valence-corrected chi connectivity index (χ2v) is 6.96. The molecule has 0 fully saturated rings. The summed E-state index contributed by atoms with van der Waals surface area (Å²) in [4.78, 5) is 11.9. The Morgan fingerprint density at radius 2 is 1.88 bits per heavy atom. The van der Waals surface area contributed by atoms with Gasteiger partial charge in [-0.15, -0.1) is 0 Å². The predicted octanol–water partition coefficient (Wildman–Crippen LogP) is 3.77. The SMILES string of the molecule is CCCC(C)(C)OC(=O)CC[C@@H](NS(=O)O)c1cc(F)c(F)cc1F. The van der Waals surface area contributed by atoms with Gasteiger partial charge in [0.05, 0.1) is 6.04 Å². The maximum absolute atomic E-state index is 13.9. The standard InChI is InChI=1S/C16H22F3NO4S/c1-4-7-16(2,3)24-15(21)6-5-14(20-25(22)23)10-8-12(18)13(19)9-11(10)17/h8-9,14,20H,4-7H2,1-3H3,(H,22,23)/t14-/m1/s1. The molecule has 0 heterocycles. The van der Waals surface area contributed by atoms with Crippen molar-refractivity contribution in [1.29, 1.82) is 0 Å². The molecule has 0 aliphatic carbocycles. The van der Waals surface area contributed by atoms with Gasteiger partial charge in [-0.05, 0) is 32.8 Å². The van der Waals surface area contributed by atoms with E-state index in [9.17, 15) is 22.2 Å². The Balaban J connectivity index is 2.86. The molecule has 2 atom stereocenters. The number of hydrogen-bond donors (Lipinski definition) is 2. The summed E-state index contributed by atoms with van der Waals surface area (Å²) in [5.74, 6) is -4.32. The van der Waals surface area contributed by atoms with Gasteiger partial charge in [0.15, 0.2) is 11.6 Å². The van der Waals surface area contributed by atoms with E-state index in [0.29, 0.717) is 18.6 Å². The number of nitrogens with one attached hydrogen (secondary N) is 1. The molecule has 0 spiro atoms. The van der Waals surface area contributed by atoms with Gasteiger partial charge in [0.25, 0.3) is 0 Å². The Labute approximate surface area is 147 Å². The third-order valence-electron chi connectivity index (χ3n) is 3.54. The normalized spacial score (nSPS) is 14.2. The summed E-state index contributed by atoms with van der Waals surface area (Å²) in [7, 11) is 0. The van der Waals surface area contributed by atoms with Crippen LogP contribution in [-0.2, 0) is 20.8 Å². The summed E-state index contributed by atoms with van der Waals surface area (Å²) in [6.07, 6.45) is 1.14. The zero-order valence-electron chi connectivity index (χ0n) is 14.3. The molecule has 142 valence electrons. The van der Waals surface area contributed by atoms with E-state index in [4.69, 9.17) is 9.29 Å². The largest absolute Gasteiger partial charge is 0.460 e. The maximum atomic E-state index is 13.9. The fourth-order valence-corrected chi connectivity index (χ4v) is 2.97. The number of benzene rings is 1. The second-order valence-electron chi connectivity index (χ2n) is 6.23. The van der Waals surface area contributed by atoms with Gasteiger partial charge in [0, 0.05) is 18.1 Å². The van der Waals surface area contributed by atoms with Crippen molar-refractivity contribution in [1.82, 2.24) is 4.72 Å². The van der Waals surface area contributed by atoms with Gasteiger partial charge in [-0.2, -0.15) is 0 Å². The highest BCUT2D eigenvalue weighted by molar-refractivity contribution is 7.77. The van der Waals surface area contributed by atoms with Crippen LogP contribution in [0.3, 0.4) is 0 Å². The van der Waals surface area contributed by atoms with E-state index >= 15 is 0 Å². The first-order valence-electron chi connectivity index (χ1n) is 7.79. The minimum Gasteiger partial charge on any atom is -0.460 e. The molecule has 0 aliphatic rings. The van der Waals surface area contributed by atoms with Crippen molar-refractivity contribution in [2.45, 2.75) is 58.1 Å². The van der Waals surface area contributed by atoms with Crippen molar-refractivity contribution in [2.75, 3.05) is 0 Å². The highest BCUT2D eigenvalue weighted by Crippen LogP contribution is 2.25.